The fourth-order valence-corrected chi connectivity index (χ4v) is 1.57. The van der Waals surface area contributed by atoms with E-state index in [1.165, 1.54) is 6.42 Å². The summed E-state index contributed by atoms with van der Waals surface area (Å²) in [5.41, 5.74) is 0.891. The largest absolute Gasteiger partial charge is 0.357 e. The second-order valence-electron chi connectivity index (χ2n) is 3.69. The molecule has 0 aliphatic heterocycles. The van der Waals surface area contributed by atoms with Gasteiger partial charge >= 0.3 is 0 Å². The van der Waals surface area contributed by atoms with Gasteiger partial charge in [-0.3, -0.25) is 0 Å². The zero-order valence-electron chi connectivity index (χ0n) is 10.2. The van der Waals surface area contributed by atoms with E-state index in [0.29, 0.717) is 11.7 Å². The molecule has 0 aliphatic carbocycles. The molecule has 3 nitrogen and oxygen atoms in total. The number of rotatable bonds is 5. The van der Waals surface area contributed by atoms with E-state index >= 15 is 0 Å². The Kier molecular flexibility index (Phi) is 6.25. The van der Waals surface area contributed by atoms with Crippen LogP contribution in [0.1, 0.15) is 19.8 Å². The number of nitrogens with one attached hydrogen (secondary N) is 1. The highest BCUT2D eigenvalue weighted by Gasteiger charge is 1.94. The Morgan fingerprint density at radius 1 is 1.59 bits per heavy atom. The van der Waals surface area contributed by atoms with Crippen LogP contribution >= 0.6 is 12.2 Å². The van der Waals surface area contributed by atoms with Crippen LogP contribution in [0.3, 0.4) is 0 Å². The Hall–Kier alpha value is -1.42. The minimum absolute atomic E-state index is 0.501. The van der Waals surface area contributed by atoms with Gasteiger partial charge in [0.05, 0.1) is 0 Å². The van der Waals surface area contributed by atoms with Gasteiger partial charge in [0.15, 0.2) is 5.11 Å². The quantitative estimate of drug-likeness (QED) is 0.640. The lowest BCUT2D eigenvalue weighted by atomic mass is 10.3. The van der Waals surface area contributed by atoms with Crippen LogP contribution in [0.4, 0.5) is 0 Å². The minimum Gasteiger partial charge on any atom is -0.357 e. The number of unbranched alkanes of at least 4 members (excludes halogenated alkanes) is 1. The van der Waals surface area contributed by atoms with Gasteiger partial charge in [0, 0.05) is 19.3 Å². The summed E-state index contributed by atoms with van der Waals surface area (Å²) in [7, 11) is 0. The SMILES string of the molecule is C=CCNC(=S)N=c1ccccn1CCCC. The Balaban J connectivity index is 2.83. The molecule has 0 bridgehead atoms. The number of thiocarbonyl (C=S) groups is 1. The van der Waals surface area contributed by atoms with Crippen molar-refractivity contribution in [1.29, 1.82) is 0 Å². The Labute approximate surface area is 108 Å². The lowest BCUT2D eigenvalue weighted by Crippen LogP contribution is -2.26. The van der Waals surface area contributed by atoms with Gasteiger partial charge in [0.2, 0.25) is 0 Å². The van der Waals surface area contributed by atoms with Gasteiger partial charge in [-0.15, -0.1) is 6.58 Å². The van der Waals surface area contributed by atoms with Crippen molar-refractivity contribution in [3.8, 4) is 0 Å². The minimum atomic E-state index is 0.501. The maximum Gasteiger partial charge on any atom is 0.194 e. The summed E-state index contributed by atoms with van der Waals surface area (Å²) >= 11 is 5.13. The van der Waals surface area contributed by atoms with Crippen LogP contribution in [0.2, 0.25) is 0 Å². The van der Waals surface area contributed by atoms with E-state index < -0.39 is 0 Å². The normalized spacial score (nSPS) is 11.2. The van der Waals surface area contributed by atoms with E-state index in [0.717, 1.165) is 18.5 Å². The average molecular weight is 249 g/mol. The number of nitrogens with zero attached hydrogens (tertiary/aromatic N) is 2. The molecular weight excluding hydrogens is 230 g/mol. The number of hydrogen-bond donors (Lipinski definition) is 1. The summed E-state index contributed by atoms with van der Waals surface area (Å²) in [5.74, 6) is 0. The third-order valence-corrected chi connectivity index (χ3v) is 2.52. The Bertz CT molecular complexity index is 434. The van der Waals surface area contributed by atoms with E-state index in [1.54, 1.807) is 6.08 Å². The van der Waals surface area contributed by atoms with Gasteiger partial charge in [-0.05, 0) is 30.8 Å². The molecule has 1 aromatic rings. The summed E-state index contributed by atoms with van der Waals surface area (Å²) in [5, 5.41) is 3.50. The molecule has 0 aromatic carbocycles. The first-order valence-corrected chi connectivity index (χ1v) is 6.27. The van der Waals surface area contributed by atoms with Crippen LogP contribution in [0.5, 0.6) is 0 Å². The van der Waals surface area contributed by atoms with E-state index in [2.05, 4.69) is 28.4 Å². The summed E-state index contributed by atoms with van der Waals surface area (Å²) < 4.78 is 2.12. The Morgan fingerprint density at radius 2 is 2.41 bits per heavy atom. The molecule has 0 radical (unpaired) electrons. The van der Waals surface area contributed by atoms with Crippen LogP contribution in [0.25, 0.3) is 0 Å². The van der Waals surface area contributed by atoms with Crippen molar-refractivity contribution in [1.82, 2.24) is 9.88 Å². The third-order valence-electron chi connectivity index (χ3n) is 2.28. The van der Waals surface area contributed by atoms with E-state index in [9.17, 15) is 0 Å². The summed E-state index contributed by atoms with van der Waals surface area (Å²) in [4.78, 5) is 4.38. The maximum absolute atomic E-state index is 5.13. The van der Waals surface area contributed by atoms with E-state index in [1.807, 2.05) is 24.4 Å². The van der Waals surface area contributed by atoms with Crippen LogP contribution in [0.15, 0.2) is 42.0 Å². The fraction of sp³-hybridized carbons (Fsp3) is 0.385. The molecule has 0 saturated carbocycles. The molecule has 0 saturated heterocycles. The summed E-state index contributed by atoms with van der Waals surface area (Å²) in [6.07, 6.45) is 6.10. The monoisotopic (exact) mass is 249 g/mol. The fourth-order valence-electron chi connectivity index (χ4n) is 1.39. The number of hydrogen-bond acceptors (Lipinski definition) is 1. The van der Waals surface area contributed by atoms with Crippen LogP contribution in [-0.4, -0.2) is 16.2 Å². The second-order valence-corrected chi connectivity index (χ2v) is 4.08. The van der Waals surface area contributed by atoms with Gasteiger partial charge in [-0.2, -0.15) is 0 Å². The van der Waals surface area contributed by atoms with Crippen LogP contribution in [0, 0.1) is 0 Å². The third kappa shape index (κ3) is 4.95. The van der Waals surface area contributed by atoms with Gasteiger partial charge in [0.25, 0.3) is 0 Å². The maximum atomic E-state index is 5.13. The Morgan fingerprint density at radius 3 is 3.12 bits per heavy atom. The second kappa shape index (κ2) is 7.79. The van der Waals surface area contributed by atoms with Crippen molar-refractivity contribution in [3.05, 3.63) is 42.5 Å². The van der Waals surface area contributed by atoms with Crippen molar-refractivity contribution < 1.29 is 0 Å². The van der Waals surface area contributed by atoms with E-state index in [4.69, 9.17) is 12.2 Å². The molecular formula is C13H19N3S. The molecule has 0 fully saturated rings. The molecule has 0 atom stereocenters. The summed E-state index contributed by atoms with van der Waals surface area (Å²) in [6.45, 7) is 7.42. The first-order chi connectivity index (χ1) is 8.27. The lowest BCUT2D eigenvalue weighted by molar-refractivity contribution is 0.607. The molecule has 1 N–H and O–H groups in total. The molecule has 0 spiro atoms. The zero-order valence-corrected chi connectivity index (χ0v) is 11.0. The average Bonchev–Trinajstić information content (AvgIpc) is 2.35. The van der Waals surface area contributed by atoms with Gasteiger partial charge in [-0.25, -0.2) is 4.99 Å². The molecule has 1 aromatic heterocycles. The standard InChI is InChI=1S/C13H19N3S/c1-3-5-10-16-11-7-6-8-12(16)15-13(17)14-9-4-2/h4,6-8,11H,2-3,5,9-10H2,1H3,(H,14,17). The van der Waals surface area contributed by atoms with Gasteiger partial charge in [-0.1, -0.05) is 25.5 Å². The number of pyridine rings is 1. The van der Waals surface area contributed by atoms with Crippen molar-refractivity contribution in [2.75, 3.05) is 6.54 Å². The zero-order chi connectivity index (χ0) is 12.5. The molecule has 0 unspecified atom stereocenters. The highest BCUT2D eigenvalue weighted by Crippen LogP contribution is 1.91. The van der Waals surface area contributed by atoms with Crippen LogP contribution < -0.4 is 10.8 Å². The van der Waals surface area contributed by atoms with Crippen molar-refractivity contribution >= 4 is 17.3 Å². The first-order valence-electron chi connectivity index (χ1n) is 5.87. The number of aromatic nitrogens is 1. The number of aryl methyl sites for hydroxylation is 1. The predicted octanol–water partition coefficient (Wildman–Crippen LogP) is 2.25. The van der Waals surface area contributed by atoms with Gasteiger partial charge < -0.3 is 9.88 Å². The molecule has 17 heavy (non-hydrogen) atoms. The molecule has 0 aliphatic rings. The van der Waals surface area contributed by atoms with Crippen molar-refractivity contribution in [2.24, 2.45) is 4.99 Å². The lowest BCUT2D eigenvalue weighted by Gasteiger charge is -2.06. The topological polar surface area (TPSA) is 29.3 Å². The van der Waals surface area contributed by atoms with Gasteiger partial charge in [0.1, 0.15) is 5.49 Å². The molecule has 1 heterocycles. The predicted molar refractivity (Wildman–Crippen MR) is 75.7 cm³/mol. The molecule has 92 valence electrons. The molecule has 1 rings (SSSR count). The smallest absolute Gasteiger partial charge is 0.194 e. The first kappa shape index (κ1) is 13.6. The molecule has 0 amide bonds. The highest BCUT2D eigenvalue weighted by molar-refractivity contribution is 7.80. The van der Waals surface area contributed by atoms with Crippen molar-refractivity contribution in [2.45, 2.75) is 26.3 Å². The van der Waals surface area contributed by atoms with Crippen molar-refractivity contribution in [3.63, 3.8) is 0 Å². The van der Waals surface area contributed by atoms with E-state index in [-0.39, 0.29) is 0 Å². The molecule has 4 heteroatoms. The summed E-state index contributed by atoms with van der Waals surface area (Å²) in [6, 6.07) is 5.95. The van der Waals surface area contributed by atoms with Crippen LogP contribution in [-0.2, 0) is 6.54 Å². The highest BCUT2D eigenvalue weighted by atomic mass is 32.1.